The van der Waals surface area contributed by atoms with Crippen molar-refractivity contribution in [1.82, 2.24) is 0 Å². The minimum absolute atomic E-state index is 0. The summed E-state index contributed by atoms with van der Waals surface area (Å²) < 4.78 is 0. The Bertz CT molecular complexity index is 324. The third-order valence-corrected chi connectivity index (χ3v) is 2.80. The third-order valence-electron chi connectivity index (χ3n) is 2.80. The average Bonchev–Trinajstić information content (AvgIpc) is 2.37. The van der Waals surface area contributed by atoms with Gasteiger partial charge in [0.25, 0.3) is 0 Å². The second-order valence-electron chi connectivity index (χ2n) is 4.97. The molecule has 0 aromatic heterocycles. The van der Waals surface area contributed by atoms with E-state index in [1.807, 2.05) is 0 Å². The van der Waals surface area contributed by atoms with Crippen LogP contribution in [-0.4, -0.2) is 85.2 Å². The van der Waals surface area contributed by atoms with Gasteiger partial charge >= 0.3 is 47.5 Å². The van der Waals surface area contributed by atoms with Crippen LogP contribution in [0.15, 0.2) is 0 Å². The van der Waals surface area contributed by atoms with Gasteiger partial charge in [0, 0.05) is 6.61 Å². The van der Waals surface area contributed by atoms with E-state index in [1.54, 1.807) is 0 Å². The second kappa shape index (κ2) is 16.2. The van der Waals surface area contributed by atoms with Crippen molar-refractivity contribution in [2.75, 3.05) is 6.61 Å². The number of aliphatic hydroxyl groups excluding tert-OH is 1. The monoisotopic (exact) mass is 346 g/mol. The SMILES string of the molecule is CCCCCCCCO.O=C(O)CC(O)(CC(=O)O)C(=O)O.[NaH]. The van der Waals surface area contributed by atoms with E-state index in [1.165, 1.54) is 32.1 Å². The second-order valence-corrected chi connectivity index (χ2v) is 4.97. The fourth-order valence-corrected chi connectivity index (χ4v) is 1.61. The first kappa shape index (κ1) is 27.2. The molecule has 0 radical (unpaired) electrons. The maximum atomic E-state index is 10.3. The van der Waals surface area contributed by atoms with Crippen molar-refractivity contribution in [2.45, 2.75) is 63.9 Å². The molecule has 0 amide bonds. The Labute approximate surface area is 157 Å². The third kappa shape index (κ3) is 17.5. The molecule has 8 nitrogen and oxygen atoms in total. The number of rotatable bonds is 11. The van der Waals surface area contributed by atoms with Gasteiger partial charge in [-0.1, -0.05) is 39.0 Å². The van der Waals surface area contributed by atoms with E-state index in [2.05, 4.69) is 6.92 Å². The number of hydrogen-bond donors (Lipinski definition) is 5. The number of unbranched alkanes of at least 4 members (excludes halogenated alkanes) is 5. The number of aliphatic carboxylic acids is 3. The zero-order valence-electron chi connectivity index (χ0n) is 12.8. The Morgan fingerprint density at radius 3 is 1.52 bits per heavy atom. The number of hydrogen-bond acceptors (Lipinski definition) is 5. The topological polar surface area (TPSA) is 152 Å². The molecule has 0 aromatic carbocycles. The summed E-state index contributed by atoms with van der Waals surface area (Å²) in [7, 11) is 0. The first-order valence-electron chi connectivity index (χ1n) is 7.19. The van der Waals surface area contributed by atoms with E-state index in [0.717, 1.165) is 6.42 Å². The normalized spacial score (nSPS) is 10.0. The summed E-state index contributed by atoms with van der Waals surface area (Å²) in [6.45, 7) is 2.58. The van der Waals surface area contributed by atoms with Crippen LogP contribution in [0, 0.1) is 0 Å². The van der Waals surface area contributed by atoms with Crippen molar-refractivity contribution < 1.29 is 39.9 Å². The number of carboxylic acids is 3. The number of carbonyl (C=O) groups is 3. The van der Waals surface area contributed by atoms with Crippen LogP contribution in [0.5, 0.6) is 0 Å². The molecule has 0 unspecified atom stereocenters. The molecule has 0 aliphatic carbocycles. The van der Waals surface area contributed by atoms with Crippen molar-refractivity contribution in [1.29, 1.82) is 0 Å². The van der Waals surface area contributed by atoms with E-state index in [0.29, 0.717) is 6.61 Å². The van der Waals surface area contributed by atoms with Crippen LogP contribution in [0.4, 0.5) is 0 Å². The van der Waals surface area contributed by atoms with Crippen LogP contribution in [0.3, 0.4) is 0 Å². The van der Waals surface area contributed by atoms with Crippen molar-refractivity contribution >= 4 is 47.5 Å². The molecule has 0 fully saturated rings. The molecule has 0 heterocycles. The molecule has 0 rings (SSSR count). The quantitative estimate of drug-likeness (QED) is 0.267. The molecule has 0 spiro atoms. The van der Waals surface area contributed by atoms with Gasteiger partial charge in [-0.2, -0.15) is 0 Å². The van der Waals surface area contributed by atoms with E-state index in [9.17, 15) is 14.4 Å². The average molecular weight is 346 g/mol. The zero-order valence-corrected chi connectivity index (χ0v) is 12.8. The zero-order chi connectivity index (χ0) is 17.6. The molecule has 9 heteroatoms. The molecule has 5 N–H and O–H groups in total. The molecule has 0 saturated heterocycles. The standard InChI is InChI=1S/C8H18O.C6H8O7.Na.H/c1-2-3-4-5-6-7-8-9;7-3(8)1-6(13,5(11)12)2-4(9)10;;/h9H,2-8H2,1H3;13H,1-2H2,(H,7,8)(H,9,10)(H,11,12);;. The molecule has 0 aliphatic rings. The van der Waals surface area contributed by atoms with Gasteiger partial charge in [0.2, 0.25) is 0 Å². The summed E-state index contributed by atoms with van der Waals surface area (Å²) in [5, 5.41) is 42.2. The number of aliphatic hydroxyl groups is 2. The van der Waals surface area contributed by atoms with Crippen LogP contribution < -0.4 is 0 Å². The van der Waals surface area contributed by atoms with Crippen LogP contribution >= 0.6 is 0 Å². The fourth-order valence-electron chi connectivity index (χ4n) is 1.61. The van der Waals surface area contributed by atoms with Crippen LogP contribution in [-0.2, 0) is 14.4 Å². The minimum atomic E-state index is -2.74. The van der Waals surface area contributed by atoms with Crippen molar-refractivity contribution in [3.05, 3.63) is 0 Å². The number of carboxylic acid groups (broad SMARTS) is 3. The summed E-state index contributed by atoms with van der Waals surface area (Å²) in [5.41, 5.74) is -2.74. The van der Waals surface area contributed by atoms with E-state index < -0.39 is 36.4 Å². The van der Waals surface area contributed by atoms with Crippen LogP contribution in [0.25, 0.3) is 0 Å². The first-order valence-corrected chi connectivity index (χ1v) is 7.19. The van der Waals surface area contributed by atoms with Gasteiger partial charge in [0.15, 0.2) is 5.60 Å². The van der Waals surface area contributed by atoms with Crippen molar-refractivity contribution in [2.24, 2.45) is 0 Å². The summed E-state index contributed by atoms with van der Waals surface area (Å²) in [6.07, 6.45) is 5.21. The molecular weight excluding hydrogens is 319 g/mol. The van der Waals surface area contributed by atoms with Gasteiger partial charge < -0.3 is 25.5 Å². The Morgan fingerprint density at radius 1 is 0.826 bits per heavy atom. The van der Waals surface area contributed by atoms with Gasteiger partial charge in [0.1, 0.15) is 0 Å². The Balaban J connectivity index is -0.000000354. The van der Waals surface area contributed by atoms with E-state index in [4.69, 9.17) is 25.5 Å². The van der Waals surface area contributed by atoms with Crippen LogP contribution in [0.1, 0.15) is 58.3 Å². The van der Waals surface area contributed by atoms with Gasteiger partial charge in [-0.05, 0) is 6.42 Å². The first-order chi connectivity index (χ1) is 10.2. The molecule has 0 bridgehead atoms. The molecule has 132 valence electrons. The molecule has 0 aliphatic heterocycles. The molecular formula is C14H27NaO8. The Kier molecular flexibility index (Phi) is 19.1. The van der Waals surface area contributed by atoms with Gasteiger partial charge in [-0.25, -0.2) is 4.79 Å². The van der Waals surface area contributed by atoms with Crippen LogP contribution in [0.2, 0.25) is 0 Å². The van der Waals surface area contributed by atoms with E-state index >= 15 is 0 Å². The summed E-state index contributed by atoms with van der Waals surface area (Å²) in [5.74, 6) is -5.02. The Morgan fingerprint density at radius 2 is 1.22 bits per heavy atom. The van der Waals surface area contributed by atoms with Gasteiger partial charge in [-0.15, -0.1) is 0 Å². The maximum absolute atomic E-state index is 10.3. The predicted octanol–water partition coefficient (Wildman–Crippen LogP) is 0.442. The van der Waals surface area contributed by atoms with Gasteiger partial charge in [-0.3, -0.25) is 9.59 Å². The molecule has 23 heavy (non-hydrogen) atoms. The van der Waals surface area contributed by atoms with Gasteiger partial charge in [0.05, 0.1) is 12.8 Å². The molecule has 0 saturated carbocycles. The summed E-state index contributed by atoms with van der Waals surface area (Å²) in [6, 6.07) is 0. The summed E-state index contributed by atoms with van der Waals surface area (Å²) >= 11 is 0. The van der Waals surface area contributed by atoms with E-state index in [-0.39, 0.29) is 29.6 Å². The summed E-state index contributed by atoms with van der Waals surface area (Å²) in [4.78, 5) is 30.5. The molecule has 0 aromatic rings. The van der Waals surface area contributed by atoms with Crippen molar-refractivity contribution in [3.63, 3.8) is 0 Å². The fraction of sp³-hybridized carbons (Fsp3) is 0.786. The predicted molar refractivity (Wildman–Crippen MR) is 84.7 cm³/mol. The Hall–Kier alpha value is -0.670. The van der Waals surface area contributed by atoms with Crippen molar-refractivity contribution in [3.8, 4) is 0 Å². The molecule has 0 atom stereocenters.